The SMILES string of the molecule is Nc1ccn([C@H]2OC[C@H](N)[C@H]2O)c(=O)n1. The highest BCUT2D eigenvalue weighted by molar-refractivity contribution is 5.23. The Morgan fingerprint density at radius 2 is 2.40 bits per heavy atom. The summed E-state index contributed by atoms with van der Waals surface area (Å²) in [6.07, 6.45) is -0.259. The van der Waals surface area contributed by atoms with Crippen LogP contribution in [0.2, 0.25) is 0 Å². The summed E-state index contributed by atoms with van der Waals surface area (Å²) in [4.78, 5) is 15.0. The van der Waals surface area contributed by atoms with Gasteiger partial charge in [-0.3, -0.25) is 4.57 Å². The van der Waals surface area contributed by atoms with Crippen LogP contribution in [0.4, 0.5) is 5.82 Å². The summed E-state index contributed by atoms with van der Waals surface area (Å²) in [5.74, 6) is 0.132. The van der Waals surface area contributed by atoms with Crippen molar-refractivity contribution in [3.63, 3.8) is 0 Å². The summed E-state index contributed by atoms with van der Waals surface area (Å²) < 4.78 is 6.37. The fourth-order valence-electron chi connectivity index (χ4n) is 1.48. The smallest absolute Gasteiger partial charge is 0.351 e. The number of aliphatic hydroxyl groups is 1. The van der Waals surface area contributed by atoms with Crippen molar-refractivity contribution in [3.8, 4) is 0 Å². The summed E-state index contributed by atoms with van der Waals surface area (Å²) in [7, 11) is 0. The molecule has 7 nitrogen and oxygen atoms in total. The number of hydrogen-bond donors (Lipinski definition) is 3. The van der Waals surface area contributed by atoms with Gasteiger partial charge in [-0.15, -0.1) is 0 Å². The van der Waals surface area contributed by atoms with Crippen molar-refractivity contribution in [1.82, 2.24) is 9.55 Å². The largest absolute Gasteiger partial charge is 0.387 e. The van der Waals surface area contributed by atoms with Gasteiger partial charge < -0.3 is 21.3 Å². The second-order valence-electron chi connectivity index (χ2n) is 3.42. The lowest BCUT2D eigenvalue weighted by Crippen LogP contribution is -2.38. The summed E-state index contributed by atoms with van der Waals surface area (Å²) in [6, 6.07) is 0.973. The Morgan fingerprint density at radius 3 is 2.93 bits per heavy atom. The first-order chi connectivity index (χ1) is 7.09. The third-order valence-electron chi connectivity index (χ3n) is 2.32. The normalized spacial score (nSPS) is 30.7. The first-order valence-electron chi connectivity index (χ1n) is 4.49. The first-order valence-corrected chi connectivity index (χ1v) is 4.49. The molecule has 1 aromatic heterocycles. The molecule has 7 heteroatoms. The van der Waals surface area contributed by atoms with Crippen LogP contribution in [-0.2, 0) is 4.74 Å². The van der Waals surface area contributed by atoms with Crippen molar-refractivity contribution in [1.29, 1.82) is 0 Å². The monoisotopic (exact) mass is 212 g/mol. The fourth-order valence-corrected chi connectivity index (χ4v) is 1.48. The van der Waals surface area contributed by atoms with E-state index in [-0.39, 0.29) is 12.4 Å². The van der Waals surface area contributed by atoms with E-state index in [0.717, 1.165) is 0 Å². The summed E-state index contributed by atoms with van der Waals surface area (Å²) in [5, 5.41) is 9.64. The van der Waals surface area contributed by atoms with E-state index in [4.69, 9.17) is 16.2 Å². The lowest BCUT2D eigenvalue weighted by Gasteiger charge is -2.17. The quantitative estimate of drug-likeness (QED) is 0.498. The number of aromatic nitrogens is 2. The zero-order valence-corrected chi connectivity index (χ0v) is 7.91. The average molecular weight is 212 g/mol. The fraction of sp³-hybridized carbons (Fsp3) is 0.500. The number of hydrogen-bond acceptors (Lipinski definition) is 6. The Balaban J connectivity index is 2.34. The number of nitrogens with two attached hydrogens (primary N) is 2. The van der Waals surface area contributed by atoms with E-state index in [1.54, 1.807) is 0 Å². The van der Waals surface area contributed by atoms with Gasteiger partial charge in [-0.2, -0.15) is 4.98 Å². The van der Waals surface area contributed by atoms with Gasteiger partial charge in [0.2, 0.25) is 0 Å². The van der Waals surface area contributed by atoms with Crippen LogP contribution in [0.1, 0.15) is 6.23 Å². The van der Waals surface area contributed by atoms with Crippen molar-refractivity contribution in [2.75, 3.05) is 12.3 Å². The van der Waals surface area contributed by atoms with Gasteiger partial charge in [-0.05, 0) is 6.07 Å². The van der Waals surface area contributed by atoms with Gasteiger partial charge in [-0.25, -0.2) is 4.79 Å². The van der Waals surface area contributed by atoms with E-state index >= 15 is 0 Å². The molecule has 0 unspecified atom stereocenters. The molecule has 0 saturated carbocycles. The number of nitrogens with zero attached hydrogens (tertiary/aromatic N) is 2. The maximum absolute atomic E-state index is 11.4. The molecule has 0 aromatic carbocycles. The molecule has 1 aliphatic heterocycles. The molecule has 0 spiro atoms. The maximum Gasteiger partial charge on any atom is 0.351 e. The van der Waals surface area contributed by atoms with E-state index in [0.29, 0.717) is 0 Å². The van der Waals surface area contributed by atoms with Crippen LogP contribution in [0.15, 0.2) is 17.1 Å². The van der Waals surface area contributed by atoms with Gasteiger partial charge in [-0.1, -0.05) is 0 Å². The van der Waals surface area contributed by atoms with Gasteiger partial charge in [0.1, 0.15) is 11.9 Å². The summed E-state index contributed by atoms with van der Waals surface area (Å²) >= 11 is 0. The van der Waals surface area contributed by atoms with E-state index < -0.39 is 24.1 Å². The van der Waals surface area contributed by atoms with Gasteiger partial charge in [0, 0.05) is 6.20 Å². The average Bonchev–Trinajstić information content (AvgIpc) is 2.49. The lowest BCUT2D eigenvalue weighted by molar-refractivity contribution is -0.0125. The van der Waals surface area contributed by atoms with E-state index in [1.165, 1.54) is 16.8 Å². The van der Waals surface area contributed by atoms with Crippen molar-refractivity contribution in [3.05, 3.63) is 22.7 Å². The van der Waals surface area contributed by atoms with Crippen LogP contribution in [0.3, 0.4) is 0 Å². The molecule has 2 heterocycles. The Morgan fingerprint density at radius 1 is 1.67 bits per heavy atom. The van der Waals surface area contributed by atoms with E-state index in [2.05, 4.69) is 4.98 Å². The minimum atomic E-state index is -0.909. The molecule has 1 saturated heterocycles. The molecule has 0 aliphatic carbocycles. The molecule has 1 fully saturated rings. The van der Waals surface area contributed by atoms with Gasteiger partial charge in [0.25, 0.3) is 0 Å². The summed E-state index contributed by atoms with van der Waals surface area (Å²) in [5.41, 5.74) is 10.3. The molecule has 3 atom stereocenters. The topological polar surface area (TPSA) is 116 Å². The minimum Gasteiger partial charge on any atom is -0.387 e. The van der Waals surface area contributed by atoms with Crippen molar-refractivity contribution in [2.45, 2.75) is 18.4 Å². The molecule has 82 valence electrons. The number of anilines is 1. The molecular formula is C8H12N4O3. The highest BCUT2D eigenvalue weighted by atomic mass is 16.5. The molecule has 0 amide bonds. The van der Waals surface area contributed by atoms with Crippen LogP contribution in [0.25, 0.3) is 0 Å². The van der Waals surface area contributed by atoms with Crippen LogP contribution in [0, 0.1) is 0 Å². The highest BCUT2D eigenvalue weighted by Crippen LogP contribution is 2.21. The standard InChI is InChI=1S/C8H12N4O3/c9-4-3-15-7(6(4)13)12-2-1-5(10)11-8(12)14/h1-2,4,6-7,13H,3,9H2,(H2,10,11,14)/t4-,6+,7-/m0/s1. The van der Waals surface area contributed by atoms with Gasteiger partial charge in [0.05, 0.1) is 12.6 Å². The molecule has 15 heavy (non-hydrogen) atoms. The summed E-state index contributed by atoms with van der Waals surface area (Å²) in [6.45, 7) is 0.211. The molecular weight excluding hydrogens is 200 g/mol. The highest BCUT2D eigenvalue weighted by Gasteiger charge is 2.35. The first kappa shape index (κ1) is 10.1. The van der Waals surface area contributed by atoms with Gasteiger partial charge in [0.15, 0.2) is 6.23 Å². The lowest BCUT2D eigenvalue weighted by atomic mass is 10.2. The van der Waals surface area contributed by atoms with Crippen LogP contribution >= 0.6 is 0 Å². The molecule has 2 rings (SSSR count). The van der Waals surface area contributed by atoms with E-state index in [1.807, 2.05) is 0 Å². The molecule has 1 aromatic rings. The van der Waals surface area contributed by atoms with Crippen molar-refractivity contribution in [2.24, 2.45) is 5.73 Å². The minimum absolute atomic E-state index is 0.132. The molecule has 1 aliphatic rings. The second-order valence-corrected chi connectivity index (χ2v) is 3.42. The predicted octanol–water partition coefficient (Wildman–Crippen LogP) is -1.96. The Hall–Kier alpha value is -1.44. The Bertz CT molecular complexity index is 419. The number of ether oxygens (including phenoxy) is 1. The third kappa shape index (κ3) is 1.72. The van der Waals surface area contributed by atoms with Crippen molar-refractivity contribution < 1.29 is 9.84 Å². The van der Waals surface area contributed by atoms with E-state index in [9.17, 15) is 9.90 Å². The second kappa shape index (κ2) is 3.61. The Kier molecular flexibility index (Phi) is 2.43. The number of rotatable bonds is 1. The van der Waals surface area contributed by atoms with Crippen molar-refractivity contribution >= 4 is 5.82 Å². The van der Waals surface area contributed by atoms with Crippen LogP contribution in [0.5, 0.6) is 0 Å². The molecule has 0 radical (unpaired) electrons. The Labute approximate surface area is 85.3 Å². The zero-order chi connectivity index (χ0) is 11.0. The maximum atomic E-state index is 11.4. The van der Waals surface area contributed by atoms with Gasteiger partial charge >= 0.3 is 5.69 Å². The predicted molar refractivity (Wildman–Crippen MR) is 51.9 cm³/mol. The zero-order valence-electron chi connectivity index (χ0n) is 7.91. The molecule has 0 bridgehead atoms. The molecule has 5 N–H and O–H groups in total. The number of aliphatic hydroxyl groups excluding tert-OH is 1. The number of nitrogen functional groups attached to an aromatic ring is 1. The van der Waals surface area contributed by atoms with Crippen LogP contribution in [-0.4, -0.2) is 33.4 Å². The third-order valence-corrected chi connectivity index (χ3v) is 2.32. The van der Waals surface area contributed by atoms with Crippen LogP contribution < -0.4 is 17.2 Å².